The standard InChI is InChI=1S/C12H18N2O2S.ClH/c13-8-7-11-3-5-12(6-4-11)17(15,16)14-9-1-2-10-14;/h3-6H,1-2,7-10,13H2;1H. The van der Waals surface area contributed by atoms with Crippen LogP contribution in [0.2, 0.25) is 0 Å². The van der Waals surface area contributed by atoms with Crippen LogP contribution >= 0.6 is 12.4 Å². The highest BCUT2D eigenvalue weighted by molar-refractivity contribution is 7.89. The smallest absolute Gasteiger partial charge is 0.243 e. The van der Waals surface area contributed by atoms with Gasteiger partial charge in [0.2, 0.25) is 10.0 Å². The lowest BCUT2D eigenvalue weighted by atomic mass is 10.2. The van der Waals surface area contributed by atoms with Crippen LogP contribution in [0.5, 0.6) is 0 Å². The quantitative estimate of drug-likeness (QED) is 0.911. The molecule has 0 aromatic heterocycles. The molecule has 0 radical (unpaired) electrons. The van der Waals surface area contributed by atoms with Gasteiger partial charge in [-0.3, -0.25) is 0 Å². The molecule has 1 fully saturated rings. The Morgan fingerprint density at radius 2 is 1.67 bits per heavy atom. The molecule has 0 amide bonds. The molecule has 6 heteroatoms. The Morgan fingerprint density at radius 1 is 1.11 bits per heavy atom. The Morgan fingerprint density at radius 3 is 2.17 bits per heavy atom. The van der Waals surface area contributed by atoms with Crippen LogP contribution in [0, 0.1) is 0 Å². The van der Waals surface area contributed by atoms with Crippen LogP contribution in [0.3, 0.4) is 0 Å². The zero-order valence-electron chi connectivity index (χ0n) is 10.2. The van der Waals surface area contributed by atoms with Crippen LogP contribution in [0.15, 0.2) is 29.2 Å². The second-order valence-electron chi connectivity index (χ2n) is 4.29. The Labute approximate surface area is 115 Å². The summed E-state index contributed by atoms with van der Waals surface area (Å²) in [6.07, 6.45) is 2.71. The van der Waals surface area contributed by atoms with Crippen molar-refractivity contribution in [2.24, 2.45) is 5.73 Å². The van der Waals surface area contributed by atoms with Gasteiger partial charge in [-0.15, -0.1) is 12.4 Å². The van der Waals surface area contributed by atoms with E-state index in [2.05, 4.69) is 0 Å². The van der Waals surface area contributed by atoms with E-state index in [4.69, 9.17) is 5.73 Å². The van der Waals surface area contributed by atoms with Gasteiger partial charge in [0.1, 0.15) is 0 Å². The van der Waals surface area contributed by atoms with Gasteiger partial charge in [-0.05, 0) is 43.5 Å². The largest absolute Gasteiger partial charge is 0.330 e. The first-order valence-electron chi connectivity index (χ1n) is 5.94. The molecule has 0 unspecified atom stereocenters. The maximum atomic E-state index is 12.2. The predicted octanol–water partition coefficient (Wildman–Crippen LogP) is 1.39. The second-order valence-corrected chi connectivity index (χ2v) is 6.23. The van der Waals surface area contributed by atoms with Gasteiger partial charge in [-0.2, -0.15) is 4.31 Å². The Kier molecular flexibility index (Phi) is 5.59. The summed E-state index contributed by atoms with van der Waals surface area (Å²) in [6.45, 7) is 1.87. The van der Waals surface area contributed by atoms with Gasteiger partial charge in [-0.1, -0.05) is 12.1 Å². The number of benzene rings is 1. The van der Waals surface area contributed by atoms with Crippen molar-refractivity contribution < 1.29 is 8.42 Å². The average molecular weight is 291 g/mol. The number of halogens is 1. The summed E-state index contributed by atoms with van der Waals surface area (Å²) >= 11 is 0. The van der Waals surface area contributed by atoms with Crippen molar-refractivity contribution in [3.05, 3.63) is 29.8 Å². The number of sulfonamides is 1. The SMILES string of the molecule is Cl.NCCc1ccc(S(=O)(=O)N2CCCC2)cc1. The van der Waals surface area contributed by atoms with Crippen LogP contribution < -0.4 is 5.73 Å². The van der Waals surface area contributed by atoms with Crippen LogP contribution in [-0.4, -0.2) is 32.4 Å². The predicted molar refractivity (Wildman–Crippen MR) is 74.4 cm³/mol. The lowest BCUT2D eigenvalue weighted by molar-refractivity contribution is 0.477. The summed E-state index contributed by atoms with van der Waals surface area (Å²) in [7, 11) is -3.27. The normalized spacial score (nSPS) is 16.5. The Hall–Kier alpha value is -0.620. The van der Waals surface area contributed by atoms with Gasteiger partial charge >= 0.3 is 0 Å². The van der Waals surface area contributed by atoms with E-state index in [1.807, 2.05) is 12.1 Å². The van der Waals surface area contributed by atoms with Gasteiger partial charge in [0.15, 0.2) is 0 Å². The summed E-state index contributed by atoms with van der Waals surface area (Å²) in [5.74, 6) is 0. The number of nitrogens with zero attached hydrogens (tertiary/aromatic N) is 1. The van der Waals surface area contributed by atoms with Gasteiger partial charge in [0, 0.05) is 13.1 Å². The lowest BCUT2D eigenvalue weighted by Gasteiger charge is -2.15. The summed E-state index contributed by atoms with van der Waals surface area (Å²) in [6, 6.07) is 7.04. The van der Waals surface area contributed by atoms with Crippen molar-refractivity contribution in [1.82, 2.24) is 4.31 Å². The van der Waals surface area contributed by atoms with E-state index in [1.54, 1.807) is 16.4 Å². The fourth-order valence-corrected chi connectivity index (χ4v) is 3.59. The molecule has 102 valence electrons. The lowest BCUT2D eigenvalue weighted by Crippen LogP contribution is -2.27. The molecule has 0 atom stereocenters. The molecule has 1 aliphatic rings. The molecule has 0 bridgehead atoms. The van der Waals surface area contributed by atoms with Crippen LogP contribution in [0.25, 0.3) is 0 Å². The minimum absolute atomic E-state index is 0. The first kappa shape index (κ1) is 15.4. The highest BCUT2D eigenvalue weighted by atomic mass is 35.5. The topological polar surface area (TPSA) is 63.4 Å². The molecule has 18 heavy (non-hydrogen) atoms. The van der Waals surface area contributed by atoms with Gasteiger partial charge in [0.05, 0.1) is 4.90 Å². The number of hydrogen-bond donors (Lipinski definition) is 1. The highest BCUT2D eigenvalue weighted by Crippen LogP contribution is 2.20. The van der Waals surface area contributed by atoms with Crippen molar-refractivity contribution in [2.45, 2.75) is 24.2 Å². The molecule has 1 aliphatic heterocycles. The van der Waals surface area contributed by atoms with E-state index < -0.39 is 10.0 Å². The van der Waals surface area contributed by atoms with E-state index >= 15 is 0 Å². The average Bonchev–Trinajstić information content (AvgIpc) is 2.84. The van der Waals surface area contributed by atoms with Crippen LogP contribution in [0.1, 0.15) is 18.4 Å². The molecule has 1 heterocycles. The van der Waals surface area contributed by atoms with Gasteiger partial charge in [0.25, 0.3) is 0 Å². The molecule has 1 aromatic carbocycles. The molecule has 0 spiro atoms. The summed E-state index contributed by atoms with van der Waals surface area (Å²) < 4.78 is 26.0. The summed E-state index contributed by atoms with van der Waals surface area (Å²) in [4.78, 5) is 0.389. The van der Waals surface area contributed by atoms with E-state index in [0.717, 1.165) is 24.8 Å². The van der Waals surface area contributed by atoms with Crippen LogP contribution in [0.4, 0.5) is 0 Å². The zero-order valence-corrected chi connectivity index (χ0v) is 11.8. The maximum Gasteiger partial charge on any atom is 0.243 e. The number of rotatable bonds is 4. The molecule has 1 aromatic rings. The van der Waals surface area contributed by atoms with Crippen molar-refractivity contribution in [3.63, 3.8) is 0 Å². The Balaban J connectivity index is 0.00000162. The molecular formula is C12H19ClN2O2S. The number of hydrogen-bond acceptors (Lipinski definition) is 3. The van der Waals surface area contributed by atoms with Crippen LogP contribution in [-0.2, 0) is 16.4 Å². The van der Waals surface area contributed by atoms with Crippen molar-refractivity contribution in [1.29, 1.82) is 0 Å². The molecule has 0 aliphatic carbocycles. The third kappa shape index (κ3) is 3.23. The van der Waals surface area contributed by atoms with E-state index in [-0.39, 0.29) is 12.4 Å². The molecule has 0 saturated carbocycles. The minimum atomic E-state index is -3.27. The molecule has 4 nitrogen and oxygen atoms in total. The monoisotopic (exact) mass is 290 g/mol. The minimum Gasteiger partial charge on any atom is -0.330 e. The summed E-state index contributed by atoms with van der Waals surface area (Å²) in [5.41, 5.74) is 6.53. The molecule has 1 saturated heterocycles. The van der Waals surface area contributed by atoms with Gasteiger partial charge in [-0.25, -0.2) is 8.42 Å². The number of nitrogens with two attached hydrogens (primary N) is 1. The molecular weight excluding hydrogens is 272 g/mol. The zero-order chi connectivity index (χ0) is 12.3. The first-order chi connectivity index (χ1) is 8.14. The third-order valence-electron chi connectivity index (χ3n) is 3.06. The fourth-order valence-electron chi connectivity index (χ4n) is 2.07. The summed E-state index contributed by atoms with van der Waals surface area (Å²) in [5, 5.41) is 0. The first-order valence-corrected chi connectivity index (χ1v) is 7.38. The fraction of sp³-hybridized carbons (Fsp3) is 0.500. The molecule has 2 rings (SSSR count). The van der Waals surface area contributed by atoms with Crippen molar-refractivity contribution in [2.75, 3.05) is 19.6 Å². The second kappa shape index (κ2) is 6.52. The van der Waals surface area contributed by atoms with Crippen molar-refractivity contribution in [3.8, 4) is 0 Å². The third-order valence-corrected chi connectivity index (χ3v) is 4.97. The van der Waals surface area contributed by atoms with Gasteiger partial charge < -0.3 is 5.73 Å². The highest BCUT2D eigenvalue weighted by Gasteiger charge is 2.26. The van der Waals surface area contributed by atoms with E-state index in [9.17, 15) is 8.42 Å². The van der Waals surface area contributed by atoms with E-state index in [1.165, 1.54) is 0 Å². The molecule has 2 N–H and O–H groups in total. The van der Waals surface area contributed by atoms with E-state index in [0.29, 0.717) is 24.5 Å². The maximum absolute atomic E-state index is 12.2. The Bertz CT molecular complexity index is 467. The van der Waals surface area contributed by atoms with Crippen molar-refractivity contribution >= 4 is 22.4 Å².